The van der Waals surface area contributed by atoms with Crippen LogP contribution in [-0.2, 0) is 0 Å². The molecule has 0 aromatic rings. The minimum atomic E-state index is -1.00. The monoisotopic (exact) mass is 324 g/mol. The molecule has 1 heterocycles. The third kappa shape index (κ3) is 5.14. The Morgan fingerprint density at radius 3 is 1.91 bits per heavy atom. The van der Waals surface area contributed by atoms with Crippen molar-refractivity contribution in [3.8, 4) is 0 Å². The smallest absolute Gasteiger partial charge is 0.0834 e. The van der Waals surface area contributed by atoms with Gasteiger partial charge in [0.05, 0.1) is 5.34 Å². The van der Waals surface area contributed by atoms with Crippen molar-refractivity contribution in [2.75, 3.05) is 0 Å². The second-order valence-corrected chi connectivity index (χ2v) is 12.2. The molecule has 1 aliphatic heterocycles. The van der Waals surface area contributed by atoms with Crippen LogP contribution in [0.4, 0.5) is 0 Å². The summed E-state index contributed by atoms with van der Waals surface area (Å²) in [6, 6.07) is 0. The van der Waals surface area contributed by atoms with Gasteiger partial charge in [-0.1, -0.05) is 86.7 Å². The van der Waals surface area contributed by atoms with Gasteiger partial charge in [-0.2, -0.15) is 0 Å². The molecule has 0 aliphatic carbocycles. The minimum Gasteiger partial charge on any atom is -0.385 e. The molecule has 1 nitrogen and oxygen atoms in total. The van der Waals surface area contributed by atoms with Crippen molar-refractivity contribution in [3.05, 3.63) is 23.5 Å². The van der Waals surface area contributed by atoms with Crippen LogP contribution in [0.2, 0.25) is 0 Å². The van der Waals surface area contributed by atoms with Crippen LogP contribution in [0.3, 0.4) is 0 Å². The predicted octanol–water partition coefficient (Wildman–Crippen LogP) is 5.92. The molecule has 0 radical (unpaired) electrons. The second kappa shape index (κ2) is 6.70. The summed E-state index contributed by atoms with van der Waals surface area (Å²) >= 11 is 0. The van der Waals surface area contributed by atoms with E-state index in [1.54, 1.807) is 0 Å². The quantitative estimate of drug-likeness (QED) is 0.636. The normalized spacial score (nSPS) is 23.8. The summed E-state index contributed by atoms with van der Waals surface area (Å²) in [5.41, 5.74) is 2.00. The molecule has 0 aromatic carbocycles. The fourth-order valence-corrected chi connectivity index (χ4v) is 5.12. The molecule has 0 spiro atoms. The van der Waals surface area contributed by atoms with E-state index in [0.29, 0.717) is 11.3 Å². The van der Waals surface area contributed by atoms with E-state index >= 15 is 0 Å². The highest BCUT2D eigenvalue weighted by atomic mass is 31.1. The molecule has 2 heteroatoms. The van der Waals surface area contributed by atoms with E-state index in [1.165, 1.54) is 12.0 Å². The summed E-state index contributed by atoms with van der Waals surface area (Å²) in [5.74, 6) is 5.42. The van der Waals surface area contributed by atoms with Crippen molar-refractivity contribution in [1.29, 1.82) is 0 Å². The highest BCUT2D eigenvalue weighted by molar-refractivity contribution is 7.62. The minimum absolute atomic E-state index is 0.252. The summed E-state index contributed by atoms with van der Waals surface area (Å²) in [6.07, 6.45) is 5.78. The van der Waals surface area contributed by atoms with E-state index in [2.05, 4.69) is 79.2 Å². The topological polar surface area (TPSA) is 20.2 Å². The van der Waals surface area contributed by atoms with Crippen LogP contribution in [0.1, 0.15) is 68.7 Å². The van der Waals surface area contributed by atoms with Crippen LogP contribution in [0, 0.1) is 22.7 Å². The molecule has 3 unspecified atom stereocenters. The van der Waals surface area contributed by atoms with E-state index in [1.807, 2.05) is 6.92 Å². The third-order valence-corrected chi connectivity index (χ3v) is 7.68. The molecule has 1 aliphatic rings. The molecule has 3 atom stereocenters. The molecule has 0 saturated carbocycles. The molecule has 1 rings (SSSR count). The van der Waals surface area contributed by atoms with Gasteiger partial charge in [0, 0.05) is 0 Å². The predicted molar refractivity (Wildman–Crippen MR) is 104 cm³/mol. The molecule has 0 bridgehead atoms. The Kier molecular flexibility index (Phi) is 6.02. The Bertz CT molecular complexity index is 479. The standard InChI is InChI=1S/C20H37OP/c1-15(2)20(9,21)22-12-10-16(11-13-22)17(19(6,7)8)14-18(3,4)5/h10-13,15,17,21-22H,14H2,1-9H3. The first-order chi connectivity index (χ1) is 9.75. The summed E-state index contributed by atoms with van der Waals surface area (Å²) in [7, 11) is -1.00. The Morgan fingerprint density at radius 1 is 1.05 bits per heavy atom. The van der Waals surface area contributed by atoms with Gasteiger partial charge in [-0.15, -0.1) is 0 Å². The molecule has 128 valence electrons. The van der Waals surface area contributed by atoms with Gasteiger partial charge < -0.3 is 5.11 Å². The third-order valence-electron chi connectivity index (χ3n) is 4.88. The van der Waals surface area contributed by atoms with Gasteiger partial charge in [0.1, 0.15) is 0 Å². The molecule has 22 heavy (non-hydrogen) atoms. The van der Waals surface area contributed by atoms with Crippen molar-refractivity contribution >= 4 is 13.3 Å². The summed E-state index contributed by atoms with van der Waals surface area (Å²) in [5, 5.41) is 10.1. The maximum Gasteiger partial charge on any atom is 0.0834 e. The van der Waals surface area contributed by atoms with Crippen molar-refractivity contribution in [1.82, 2.24) is 0 Å². The fraction of sp³-hybridized carbons (Fsp3) is 0.750. The van der Waals surface area contributed by atoms with Gasteiger partial charge in [0.15, 0.2) is 0 Å². The largest absolute Gasteiger partial charge is 0.385 e. The first-order valence-electron chi connectivity index (χ1n) is 8.58. The highest BCUT2D eigenvalue weighted by Crippen LogP contribution is 2.48. The molecular weight excluding hydrogens is 287 g/mol. The van der Waals surface area contributed by atoms with Crippen LogP contribution in [0.15, 0.2) is 23.5 Å². The Balaban J connectivity index is 3.10. The Hall–Kier alpha value is -0.260. The lowest BCUT2D eigenvalue weighted by Crippen LogP contribution is -2.28. The Labute approximate surface area is 139 Å². The van der Waals surface area contributed by atoms with Crippen LogP contribution >= 0.6 is 7.55 Å². The highest BCUT2D eigenvalue weighted by Gasteiger charge is 2.32. The van der Waals surface area contributed by atoms with Gasteiger partial charge in [-0.05, 0) is 41.6 Å². The van der Waals surface area contributed by atoms with E-state index in [9.17, 15) is 5.11 Å². The molecule has 0 fully saturated rings. The molecule has 0 amide bonds. The van der Waals surface area contributed by atoms with Crippen LogP contribution in [-0.4, -0.2) is 16.2 Å². The summed E-state index contributed by atoms with van der Waals surface area (Å²) in [6.45, 7) is 20.2. The van der Waals surface area contributed by atoms with Crippen molar-refractivity contribution in [2.24, 2.45) is 22.7 Å². The van der Waals surface area contributed by atoms with Crippen molar-refractivity contribution in [3.63, 3.8) is 0 Å². The zero-order valence-corrected chi connectivity index (χ0v) is 17.1. The number of allylic oxidation sites excluding steroid dienone is 3. The summed E-state index contributed by atoms with van der Waals surface area (Å²) < 4.78 is 0. The SMILES string of the molecule is CC(C)C(C)(O)[PH]1=CC=C(C(CC(C)(C)C)C(C)(C)C)C=C1. The number of rotatable bonds is 4. The van der Waals surface area contributed by atoms with E-state index in [-0.39, 0.29) is 11.3 Å². The molecular formula is C20H37OP. The second-order valence-electron chi connectivity index (χ2n) is 9.61. The van der Waals surface area contributed by atoms with Gasteiger partial charge in [-0.3, -0.25) is 0 Å². The van der Waals surface area contributed by atoms with E-state index in [0.717, 1.165) is 0 Å². The zero-order valence-electron chi connectivity index (χ0n) is 16.1. The first-order valence-corrected chi connectivity index (χ1v) is 10.2. The van der Waals surface area contributed by atoms with E-state index < -0.39 is 12.9 Å². The van der Waals surface area contributed by atoms with Gasteiger partial charge >= 0.3 is 0 Å². The maximum atomic E-state index is 10.7. The van der Waals surface area contributed by atoms with Crippen LogP contribution in [0.25, 0.3) is 0 Å². The lowest BCUT2D eigenvalue weighted by molar-refractivity contribution is 0.104. The maximum absolute atomic E-state index is 10.7. The summed E-state index contributed by atoms with van der Waals surface area (Å²) in [4.78, 5) is 0. The lowest BCUT2D eigenvalue weighted by atomic mass is 9.69. The van der Waals surface area contributed by atoms with Gasteiger partial charge in [0.25, 0.3) is 0 Å². The fourth-order valence-electron chi connectivity index (χ4n) is 2.92. The number of hydrogen-bond acceptors (Lipinski definition) is 1. The first kappa shape index (κ1) is 19.8. The van der Waals surface area contributed by atoms with Crippen molar-refractivity contribution < 1.29 is 5.11 Å². The van der Waals surface area contributed by atoms with Crippen LogP contribution in [0.5, 0.6) is 0 Å². The van der Waals surface area contributed by atoms with Crippen molar-refractivity contribution in [2.45, 2.75) is 74.1 Å². The lowest BCUT2D eigenvalue weighted by Gasteiger charge is -2.38. The average molecular weight is 324 g/mol. The number of aliphatic hydroxyl groups is 1. The van der Waals surface area contributed by atoms with Gasteiger partial charge in [0.2, 0.25) is 0 Å². The average Bonchev–Trinajstić information content (AvgIpc) is 2.33. The molecule has 0 saturated heterocycles. The molecule has 1 N–H and O–H groups in total. The van der Waals surface area contributed by atoms with Crippen LogP contribution < -0.4 is 0 Å². The zero-order chi connectivity index (χ0) is 17.3. The number of hydrogen-bond donors (Lipinski definition) is 1. The Morgan fingerprint density at radius 2 is 1.59 bits per heavy atom. The molecule has 0 aromatic heterocycles. The van der Waals surface area contributed by atoms with Gasteiger partial charge in [-0.25, -0.2) is 0 Å². The van der Waals surface area contributed by atoms with E-state index in [4.69, 9.17) is 0 Å².